The molecule has 112 valence electrons. The second-order valence-electron chi connectivity index (χ2n) is 6.58. The van der Waals surface area contributed by atoms with Gasteiger partial charge in [-0.05, 0) is 37.3 Å². The lowest BCUT2D eigenvalue weighted by Gasteiger charge is -2.27. The Morgan fingerprint density at radius 2 is 2.05 bits per heavy atom. The lowest BCUT2D eigenvalue weighted by molar-refractivity contribution is -0.123. The van der Waals surface area contributed by atoms with E-state index in [1.54, 1.807) is 0 Å². The van der Waals surface area contributed by atoms with Crippen LogP contribution in [0.3, 0.4) is 0 Å². The van der Waals surface area contributed by atoms with Crippen molar-refractivity contribution in [3.8, 4) is 0 Å². The smallest absolute Gasteiger partial charge is 0.227 e. The van der Waals surface area contributed by atoms with Crippen LogP contribution in [0.5, 0.6) is 0 Å². The summed E-state index contributed by atoms with van der Waals surface area (Å²) in [5.41, 5.74) is 2.27. The van der Waals surface area contributed by atoms with Crippen LogP contribution in [0.15, 0.2) is 24.3 Å². The number of benzene rings is 1. The number of amides is 1. The van der Waals surface area contributed by atoms with Gasteiger partial charge in [-0.25, -0.2) is 0 Å². The predicted molar refractivity (Wildman–Crippen MR) is 83.4 cm³/mol. The van der Waals surface area contributed by atoms with Crippen LogP contribution in [0.25, 0.3) is 0 Å². The zero-order valence-corrected chi connectivity index (χ0v) is 12.3. The van der Waals surface area contributed by atoms with E-state index in [-0.39, 0.29) is 11.8 Å². The van der Waals surface area contributed by atoms with E-state index in [0.717, 1.165) is 49.8 Å². The zero-order valence-electron chi connectivity index (χ0n) is 12.3. The average molecular weight is 285 g/mol. The van der Waals surface area contributed by atoms with Crippen molar-refractivity contribution in [1.82, 2.24) is 10.2 Å². The van der Waals surface area contributed by atoms with Gasteiger partial charge >= 0.3 is 0 Å². The first-order chi connectivity index (χ1) is 10.3. The lowest BCUT2D eigenvalue weighted by atomic mass is 9.90. The number of nitrogens with one attached hydrogen (secondary N) is 2. The summed E-state index contributed by atoms with van der Waals surface area (Å²) in [5, 5.41) is 6.68. The Morgan fingerprint density at radius 1 is 1.19 bits per heavy atom. The fraction of sp³-hybridized carbons (Fsp3) is 0.588. The third kappa shape index (κ3) is 2.64. The molecule has 2 fully saturated rings. The largest absolute Gasteiger partial charge is 0.385 e. The molecule has 2 atom stereocenters. The maximum absolute atomic E-state index is 12.7. The number of likely N-dealkylation sites (tertiary alicyclic amines) is 1. The number of carbonyl (C=O) groups excluding carboxylic acids is 1. The van der Waals surface area contributed by atoms with Crippen LogP contribution in [0.2, 0.25) is 0 Å². The summed E-state index contributed by atoms with van der Waals surface area (Å²) in [6, 6.07) is 9.36. The molecule has 1 aliphatic carbocycles. The van der Waals surface area contributed by atoms with Gasteiger partial charge in [0.05, 0.1) is 5.92 Å². The number of para-hydroxylation sites is 1. The summed E-state index contributed by atoms with van der Waals surface area (Å²) in [4.78, 5) is 15.2. The Morgan fingerprint density at radius 3 is 2.90 bits per heavy atom. The summed E-state index contributed by atoms with van der Waals surface area (Å²) >= 11 is 0. The topological polar surface area (TPSA) is 44.4 Å². The number of hydrogen-bond acceptors (Lipinski definition) is 3. The van der Waals surface area contributed by atoms with Crippen molar-refractivity contribution < 1.29 is 4.79 Å². The minimum Gasteiger partial charge on any atom is -0.385 e. The number of rotatable bonds is 3. The highest BCUT2D eigenvalue weighted by atomic mass is 16.2. The molecule has 3 aliphatic rings. The molecule has 1 aromatic carbocycles. The molecule has 1 saturated heterocycles. The molecule has 1 saturated carbocycles. The molecule has 1 aromatic rings. The van der Waals surface area contributed by atoms with Gasteiger partial charge in [-0.1, -0.05) is 18.2 Å². The van der Waals surface area contributed by atoms with Crippen molar-refractivity contribution >= 4 is 11.6 Å². The summed E-state index contributed by atoms with van der Waals surface area (Å²) in [5.74, 6) is 0.226. The summed E-state index contributed by atoms with van der Waals surface area (Å²) in [6.45, 7) is 3.08. The van der Waals surface area contributed by atoms with Crippen LogP contribution in [-0.4, -0.2) is 42.5 Å². The van der Waals surface area contributed by atoms with Crippen LogP contribution in [-0.2, 0) is 4.79 Å². The van der Waals surface area contributed by atoms with E-state index in [2.05, 4.69) is 27.7 Å². The number of fused-ring (bicyclic) bond motifs is 1. The molecule has 0 spiro atoms. The maximum atomic E-state index is 12.7. The summed E-state index contributed by atoms with van der Waals surface area (Å²) in [7, 11) is 0. The van der Waals surface area contributed by atoms with E-state index in [0.29, 0.717) is 6.04 Å². The van der Waals surface area contributed by atoms with E-state index in [1.165, 1.54) is 12.8 Å². The predicted octanol–water partition coefficient (Wildman–Crippen LogP) is 1.94. The van der Waals surface area contributed by atoms with E-state index >= 15 is 0 Å². The van der Waals surface area contributed by atoms with Crippen molar-refractivity contribution in [1.29, 1.82) is 0 Å². The molecule has 2 N–H and O–H groups in total. The van der Waals surface area contributed by atoms with Gasteiger partial charge in [0.25, 0.3) is 0 Å². The van der Waals surface area contributed by atoms with E-state index in [4.69, 9.17) is 0 Å². The Bertz CT molecular complexity index is 541. The Kier molecular flexibility index (Phi) is 3.34. The molecular weight excluding hydrogens is 262 g/mol. The van der Waals surface area contributed by atoms with Crippen LogP contribution in [0, 0.1) is 0 Å². The standard InChI is InChI=1S/C17H23N3O/c21-17(19-12-8-10-20(11-12)13-5-6-13)15-7-9-18-16-4-2-1-3-14(15)16/h1-4,12-13,15,18H,5-11H2,(H,19,21). The lowest BCUT2D eigenvalue weighted by Crippen LogP contribution is -2.41. The van der Waals surface area contributed by atoms with Gasteiger partial charge in [0, 0.05) is 37.4 Å². The molecule has 21 heavy (non-hydrogen) atoms. The monoisotopic (exact) mass is 285 g/mol. The number of nitrogens with zero attached hydrogens (tertiary/aromatic N) is 1. The van der Waals surface area contributed by atoms with Crippen molar-refractivity contribution in [2.75, 3.05) is 25.0 Å². The minimum atomic E-state index is 0.0115. The van der Waals surface area contributed by atoms with Gasteiger partial charge in [-0.15, -0.1) is 0 Å². The van der Waals surface area contributed by atoms with Crippen LogP contribution in [0.1, 0.15) is 37.2 Å². The minimum absolute atomic E-state index is 0.0115. The number of hydrogen-bond donors (Lipinski definition) is 2. The number of anilines is 1. The Labute approximate surface area is 125 Å². The molecule has 2 heterocycles. The van der Waals surface area contributed by atoms with Gasteiger partial charge in [0.1, 0.15) is 0 Å². The first kappa shape index (κ1) is 13.1. The molecular formula is C17H23N3O. The molecule has 4 nitrogen and oxygen atoms in total. The van der Waals surface area contributed by atoms with E-state index < -0.39 is 0 Å². The van der Waals surface area contributed by atoms with Crippen LogP contribution >= 0.6 is 0 Å². The SMILES string of the molecule is O=C(NC1CCN(C2CC2)C1)C1CCNc2ccccc21. The van der Waals surface area contributed by atoms with Gasteiger partial charge < -0.3 is 10.6 Å². The summed E-state index contributed by atoms with van der Waals surface area (Å²) in [6.07, 6.45) is 4.70. The van der Waals surface area contributed by atoms with Gasteiger partial charge in [0.15, 0.2) is 0 Å². The molecule has 1 amide bonds. The number of carbonyl (C=O) groups is 1. The third-order valence-electron chi connectivity index (χ3n) is 5.03. The normalized spacial score (nSPS) is 28.8. The molecule has 0 aromatic heterocycles. The van der Waals surface area contributed by atoms with Crippen molar-refractivity contribution in [2.24, 2.45) is 0 Å². The fourth-order valence-electron chi connectivity index (χ4n) is 3.72. The fourth-order valence-corrected chi connectivity index (χ4v) is 3.72. The first-order valence-corrected chi connectivity index (χ1v) is 8.18. The molecule has 4 heteroatoms. The van der Waals surface area contributed by atoms with E-state index in [9.17, 15) is 4.79 Å². The van der Waals surface area contributed by atoms with Crippen molar-refractivity contribution in [3.63, 3.8) is 0 Å². The zero-order chi connectivity index (χ0) is 14.2. The highest BCUT2D eigenvalue weighted by Gasteiger charge is 2.36. The maximum Gasteiger partial charge on any atom is 0.227 e. The molecule has 0 bridgehead atoms. The van der Waals surface area contributed by atoms with Gasteiger partial charge in [0.2, 0.25) is 5.91 Å². The van der Waals surface area contributed by atoms with Crippen molar-refractivity contribution in [3.05, 3.63) is 29.8 Å². The van der Waals surface area contributed by atoms with E-state index in [1.807, 2.05) is 12.1 Å². The Hall–Kier alpha value is -1.55. The van der Waals surface area contributed by atoms with Crippen LogP contribution < -0.4 is 10.6 Å². The first-order valence-electron chi connectivity index (χ1n) is 8.18. The van der Waals surface area contributed by atoms with Gasteiger partial charge in [-0.3, -0.25) is 9.69 Å². The second kappa shape index (κ2) is 5.34. The van der Waals surface area contributed by atoms with Crippen molar-refractivity contribution in [2.45, 2.75) is 43.7 Å². The third-order valence-corrected chi connectivity index (χ3v) is 5.03. The van der Waals surface area contributed by atoms with Crippen LogP contribution in [0.4, 0.5) is 5.69 Å². The highest BCUT2D eigenvalue weighted by molar-refractivity contribution is 5.86. The molecule has 2 aliphatic heterocycles. The van der Waals surface area contributed by atoms with Gasteiger partial charge in [-0.2, -0.15) is 0 Å². The molecule has 0 radical (unpaired) electrons. The highest BCUT2D eigenvalue weighted by Crippen LogP contribution is 2.32. The molecule has 2 unspecified atom stereocenters. The summed E-state index contributed by atoms with van der Waals surface area (Å²) < 4.78 is 0. The second-order valence-corrected chi connectivity index (χ2v) is 6.58. The quantitative estimate of drug-likeness (QED) is 0.892. The Balaban J connectivity index is 1.41. The average Bonchev–Trinajstić information content (AvgIpc) is 3.27. The molecule has 4 rings (SSSR count).